The number of nitrogens with zero attached hydrogens (tertiary/aromatic N) is 4. The van der Waals surface area contributed by atoms with Crippen LogP contribution in [0.1, 0.15) is 17.8 Å². The van der Waals surface area contributed by atoms with E-state index >= 15 is 0 Å². The Morgan fingerprint density at radius 1 is 1.27 bits per heavy atom. The molecular formula is C11H11F5N6. The van der Waals surface area contributed by atoms with Gasteiger partial charge in [0.05, 0.1) is 17.6 Å². The smallest absolute Gasteiger partial charge is 0.372 e. The molecule has 0 amide bonds. The van der Waals surface area contributed by atoms with Crippen LogP contribution < -0.4 is 10.6 Å². The highest BCUT2D eigenvalue weighted by Gasteiger charge is 2.35. The Hall–Kier alpha value is -2.46. The van der Waals surface area contributed by atoms with Crippen LogP contribution in [-0.4, -0.2) is 26.8 Å². The Morgan fingerprint density at radius 3 is 2.45 bits per heavy atom. The van der Waals surface area contributed by atoms with Crippen molar-refractivity contribution < 1.29 is 22.0 Å². The number of rotatable bonds is 4. The molecule has 2 aromatic rings. The molecule has 0 aliphatic rings. The average Bonchev–Trinajstić information content (AvgIpc) is 2.79. The van der Waals surface area contributed by atoms with Crippen LogP contribution in [0.2, 0.25) is 0 Å². The molecule has 0 aliphatic heterocycles. The summed E-state index contributed by atoms with van der Waals surface area (Å²) in [4.78, 5) is 7.21. The van der Waals surface area contributed by atoms with Gasteiger partial charge in [0.15, 0.2) is 0 Å². The molecule has 0 unspecified atom stereocenters. The van der Waals surface area contributed by atoms with E-state index in [4.69, 9.17) is 0 Å². The van der Waals surface area contributed by atoms with Crippen molar-refractivity contribution in [1.82, 2.24) is 19.7 Å². The van der Waals surface area contributed by atoms with Gasteiger partial charge in [0.1, 0.15) is 11.4 Å². The fourth-order valence-electron chi connectivity index (χ4n) is 1.66. The lowest BCUT2D eigenvalue weighted by molar-refractivity contribution is -0.137. The molecule has 2 heterocycles. The molecular weight excluding hydrogens is 311 g/mol. The minimum atomic E-state index is -4.60. The summed E-state index contributed by atoms with van der Waals surface area (Å²) >= 11 is 0. The summed E-state index contributed by atoms with van der Waals surface area (Å²) in [7, 11) is 1.28. The topological polar surface area (TPSA) is 67.7 Å². The third kappa shape index (κ3) is 3.23. The standard InChI is InChI=1S/C11H11F5N6/c1-5-7(4-22(21-5)9(12)13)19-10-18-3-6(11(14,15)16)8(17-2)20-10/h3-4,9H,1-2H3,(H2,17,18,19,20). The zero-order valence-corrected chi connectivity index (χ0v) is 11.4. The molecule has 2 rings (SSSR count). The number of hydrogen-bond acceptors (Lipinski definition) is 5. The van der Waals surface area contributed by atoms with Crippen LogP contribution in [0.5, 0.6) is 0 Å². The molecule has 0 saturated carbocycles. The number of aromatic nitrogens is 4. The number of halogens is 5. The Balaban J connectivity index is 2.31. The summed E-state index contributed by atoms with van der Waals surface area (Å²) in [5.74, 6) is -0.599. The van der Waals surface area contributed by atoms with Gasteiger partial charge in [-0.3, -0.25) is 0 Å². The van der Waals surface area contributed by atoms with Crippen molar-refractivity contribution in [2.24, 2.45) is 0 Å². The summed E-state index contributed by atoms with van der Waals surface area (Å²) in [6.07, 6.45) is -2.98. The van der Waals surface area contributed by atoms with E-state index in [1.54, 1.807) is 0 Å². The highest BCUT2D eigenvalue weighted by Crippen LogP contribution is 2.34. The molecule has 120 valence electrons. The maximum Gasteiger partial charge on any atom is 0.421 e. The molecule has 0 spiro atoms. The molecule has 0 radical (unpaired) electrons. The molecule has 0 fully saturated rings. The molecule has 0 aromatic carbocycles. The molecule has 11 heteroatoms. The van der Waals surface area contributed by atoms with E-state index in [1.165, 1.54) is 14.0 Å². The van der Waals surface area contributed by atoms with E-state index in [2.05, 4.69) is 25.7 Å². The van der Waals surface area contributed by atoms with E-state index in [-0.39, 0.29) is 17.3 Å². The third-order valence-electron chi connectivity index (χ3n) is 2.69. The fourth-order valence-corrected chi connectivity index (χ4v) is 1.66. The first-order chi connectivity index (χ1) is 10.2. The van der Waals surface area contributed by atoms with Crippen molar-refractivity contribution in [3.05, 3.63) is 23.7 Å². The average molecular weight is 322 g/mol. The maximum atomic E-state index is 12.7. The van der Waals surface area contributed by atoms with Gasteiger partial charge < -0.3 is 10.6 Å². The quantitative estimate of drug-likeness (QED) is 0.846. The SMILES string of the molecule is CNc1nc(Nc2cn(C(F)F)nc2C)ncc1C(F)(F)F. The number of alkyl halides is 5. The zero-order chi connectivity index (χ0) is 16.5. The van der Waals surface area contributed by atoms with Gasteiger partial charge in [0, 0.05) is 13.2 Å². The molecule has 2 aromatic heterocycles. The van der Waals surface area contributed by atoms with Crippen molar-refractivity contribution in [3.63, 3.8) is 0 Å². The summed E-state index contributed by atoms with van der Waals surface area (Å²) in [5.41, 5.74) is -0.627. The Morgan fingerprint density at radius 2 is 1.95 bits per heavy atom. The highest BCUT2D eigenvalue weighted by molar-refractivity contribution is 5.57. The second kappa shape index (κ2) is 5.73. The van der Waals surface area contributed by atoms with Crippen molar-refractivity contribution in [2.75, 3.05) is 17.7 Å². The van der Waals surface area contributed by atoms with Gasteiger partial charge in [-0.15, -0.1) is 0 Å². The van der Waals surface area contributed by atoms with E-state index in [0.29, 0.717) is 10.9 Å². The van der Waals surface area contributed by atoms with Crippen LogP contribution in [0.15, 0.2) is 12.4 Å². The lowest BCUT2D eigenvalue weighted by atomic mass is 10.3. The van der Waals surface area contributed by atoms with E-state index in [1.807, 2.05) is 0 Å². The van der Waals surface area contributed by atoms with E-state index in [0.717, 1.165) is 6.20 Å². The van der Waals surface area contributed by atoms with Crippen molar-refractivity contribution >= 4 is 17.5 Å². The molecule has 0 atom stereocenters. The molecule has 22 heavy (non-hydrogen) atoms. The number of hydrogen-bond donors (Lipinski definition) is 2. The van der Waals surface area contributed by atoms with Crippen molar-refractivity contribution in [2.45, 2.75) is 19.6 Å². The van der Waals surface area contributed by atoms with Crippen LogP contribution in [0.4, 0.5) is 39.4 Å². The van der Waals surface area contributed by atoms with Crippen LogP contribution >= 0.6 is 0 Å². The van der Waals surface area contributed by atoms with Crippen molar-refractivity contribution in [1.29, 1.82) is 0 Å². The van der Waals surface area contributed by atoms with Crippen LogP contribution in [-0.2, 0) is 6.18 Å². The summed E-state index contributed by atoms with van der Waals surface area (Å²) in [6, 6.07) is 0. The molecule has 0 saturated heterocycles. The molecule has 6 nitrogen and oxygen atoms in total. The van der Waals surface area contributed by atoms with E-state index < -0.39 is 24.1 Å². The Kier molecular flexibility index (Phi) is 4.15. The van der Waals surface area contributed by atoms with Gasteiger partial charge >= 0.3 is 12.7 Å². The second-order valence-corrected chi connectivity index (χ2v) is 4.21. The first-order valence-corrected chi connectivity index (χ1v) is 5.95. The number of nitrogens with one attached hydrogen (secondary N) is 2. The lowest BCUT2D eigenvalue weighted by Gasteiger charge is -2.12. The minimum absolute atomic E-state index is 0.169. The first-order valence-electron chi connectivity index (χ1n) is 5.95. The molecule has 0 aliphatic carbocycles. The van der Waals surface area contributed by atoms with Gasteiger partial charge in [-0.25, -0.2) is 9.67 Å². The number of aryl methyl sites for hydroxylation is 1. The summed E-state index contributed by atoms with van der Waals surface area (Å²) in [5, 5.41) is 8.43. The molecule has 0 bridgehead atoms. The second-order valence-electron chi connectivity index (χ2n) is 4.21. The highest BCUT2D eigenvalue weighted by atomic mass is 19.4. The summed E-state index contributed by atoms with van der Waals surface area (Å²) < 4.78 is 63.6. The fraction of sp³-hybridized carbons (Fsp3) is 0.364. The Labute approximate surface area is 121 Å². The normalized spacial score (nSPS) is 11.8. The monoisotopic (exact) mass is 322 g/mol. The maximum absolute atomic E-state index is 12.7. The van der Waals surface area contributed by atoms with Crippen molar-refractivity contribution in [3.8, 4) is 0 Å². The third-order valence-corrected chi connectivity index (χ3v) is 2.69. The number of anilines is 3. The molecule has 2 N–H and O–H groups in total. The van der Waals surface area contributed by atoms with Crippen LogP contribution in [0, 0.1) is 6.92 Å². The zero-order valence-electron chi connectivity index (χ0n) is 11.4. The van der Waals surface area contributed by atoms with Gasteiger partial charge in [-0.2, -0.15) is 32.0 Å². The minimum Gasteiger partial charge on any atom is -0.372 e. The van der Waals surface area contributed by atoms with Crippen LogP contribution in [0.25, 0.3) is 0 Å². The largest absolute Gasteiger partial charge is 0.421 e. The first kappa shape index (κ1) is 15.9. The lowest BCUT2D eigenvalue weighted by Crippen LogP contribution is -2.12. The Bertz CT molecular complexity index is 665. The van der Waals surface area contributed by atoms with Gasteiger partial charge in [-0.05, 0) is 6.92 Å². The summed E-state index contributed by atoms with van der Waals surface area (Å²) in [6.45, 7) is -1.36. The van der Waals surface area contributed by atoms with E-state index in [9.17, 15) is 22.0 Å². The van der Waals surface area contributed by atoms with Gasteiger partial charge in [0.25, 0.3) is 0 Å². The predicted octanol–water partition coefficient (Wildman–Crippen LogP) is 3.18. The van der Waals surface area contributed by atoms with Gasteiger partial charge in [-0.1, -0.05) is 0 Å². The van der Waals surface area contributed by atoms with Gasteiger partial charge in [0.2, 0.25) is 5.95 Å². The van der Waals surface area contributed by atoms with Crippen LogP contribution in [0.3, 0.4) is 0 Å². The predicted molar refractivity (Wildman–Crippen MR) is 68.1 cm³/mol.